The fourth-order valence-electron chi connectivity index (χ4n) is 2.89. The Hall–Kier alpha value is -0.900. The molecule has 1 aliphatic rings. The zero-order valence-electron chi connectivity index (χ0n) is 13.1. The number of likely N-dealkylation sites (N-methyl/N-ethyl adjacent to an activating group) is 2. The summed E-state index contributed by atoms with van der Waals surface area (Å²) in [4.78, 5) is 2.36. The number of nitrogens with zero attached hydrogens (tertiary/aromatic N) is 1. The van der Waals surface area contributed by atoms with Crippen LogP contribution in [0.25, 0.3) is 0 Å². The summed E-state index contributed by atoms with van der Waals surface area (Å²) in [6, 6.07) is 9.04. The van der Waals surface area contributed by atoms with Gasteiger partial charge in [0.1, 0.15) is 0 Å². The van der Waals surface area contributed by atoms with E-state index in [0.717, 1.165) is 26.2 Å². The molecule has 1 aromatic carbocycles. The smallest absolute Gasteiger partial charge is 0.0702 e. The third-order valence-corrected chi connectivity index (χ3v) is 4.05. The van der Waals surface area contributed by atoms with E-state index in [1.165, 1.54) is 24.0 Å². The molecule has 1 heterocycles. The Kier molecular flexibility index (Phi) is 6.02. The van der Waals surface area contributed by atoms with Gasteiger partial charge in [0.15, 0.2) is 0 Å². The molecule has 0 aliphatic carbocycles. The first kappa shape index (κ1) is 15.5. The van der Waals surface area contributed by atoms with Crippen LogP contribution in [-0.2, 0) is 11.3 Å². The highest BCUT2D eigenvalue weighted by atomic mass is 16.5. The Bertz CT molecular complexity index is 384. The maximum absolute atomic E-state index is 5.69. The highest BCUT2D eigenvalue weighted by Gasteiger charge is 2.17. The molecule has 3 nitrogen and oxygen atoms in total. The molecule has 0 spiro atoms. The SMILES string of the molecule is CNCC(C)c1ccc(CN(C)CC2CCCO2)cc1. The van der Waals surface area contributed by atoms with Gasteiger partial charge >= 0.3 is 0 Å². The third kappa shape index (κ3) is 4.58. The van der Waals surface area contributed by atoms with Gasteiger partial charge in [0.2, 0.25) is 0 Å². The average molecular weight is 276 g/mol. The van der Waals surface area contributed by atoms with Crippen LogP contribution in [0.5, 0.6) is 0 Å². The van der Waals surface area contributed by atoms with E-state index in [1.54, 1.807) is 0 Å². The van der Waals surface area contributed by atoms with E-state index < -0.39 is 0 Å². The Morgan fingerprint density at radius 2 is 2.10 bits per heavy atom. The monoisotopic (exact) mass is 276 g/mol. The van der Waals surface area contributed by atoms with Crippen molar-refractivity contribution in [2.45, 2.75) is 38.3 Å². The molecule has 0 aromatic heterocycles. The van der Waals surface area contributed by atoms with Crippen molar-refractivity contribution in [2.75, 3.05) is 33.8 Å². The number of hydrogen-bond donors (Lipinski definition) is 1. The van der Waals surface area contributed by atoms with Gasteiger partial charge in [-0.1, -0.05) is 31.2 Å². The molecule has 2 rings (SSSR count). The van der Waals surface area contributed by atoms with Crippen molar-refractivity contribution < 1.29 is 4.74 Å². The van der Waals surface area contributed by atoms with Crippen molar-refractivity contribution in [1.82, 2.24) is 10.2 Å². The minimum atomic E-state index is 0.440. The van der Waals surface area contributed by atoms with Crippen LogP contribution in [0, 0.1) is 0 Å². The summed E-state index contributed by atoms with van der Waals surface area (Å²) in [5, 5.41) is 3.23. The Morgan fingerprint density at radius 1 is 1.35 bits per heavy atom. The molecule has 1 aromatic rings. The second kappa shape index (κ2) is 7.77. The summed E-state index contributed by atoms with van der Waals surface area (Å²) >= 11 is 0. The molecule has 0 bridgehead atoms. The summed E-state index contributed by atoms with van der Waals surface area (Å²) in [6.07, 6.45) is 2.87. The Labute approximate surface area is 123 Å². The average Bonchev–Trinajstić information content (AvgIpc) is 2.92. The van der Waals surface area contributed by atoms with Crippen molar-refractivity contribution in [3.63, 3.8) is 0 Å². The number of ether oxygens (including phenoxy) is 1. The first-order valence-electron chi connectivity index (χ1n) is 7.72. The van der Waals surface area contributed by atoms with E-state index in [2.05, 4.69) is 48.5 Å². The zero-order valence-corrected chi connectivity index (χ0v) is 13.1. The Balaban J connectivity index is 1.83. The van der Waals surface area contributed by atoms with Gasteiger partial charge in [0.25, 0.3) is 0 Å². The van der Waals surface area contributed by atoms with Crippen LogP contribution in [0.4, 0.5) is 0 Å². The molecule has 1 aliphatic heterocycles. The van der Waals surface area contributed by atoms with Crippen LogP contribution in [0.1, 0.15) is 36.8 Å². The summed E-state index contributed by atoms with van der Waals surface area (Å²) in [5.41, 5.74) is 2.79. The summed E-state index contributed by atoms with van der Waals surface area (Å²) in [5.74, 6) is 0.568. The molecule has 1 saturated heterocycles. The molecule has 20 heavy (non-hydrogen) atoms. The fraction of sp³-hybridized carbons (Fsp3) is 0.647. The highest BCUT2D eigenvalue weighted by molar-refractivity contribution is 5.25. The molecule has 1 N–H and O–H groups in total. The lowest BCUT2D eigenvalue weighted by Gasteiger charge is -2.21. The minimum Gasteiger partial charge on any atom is -0.377 e. The maximum atomic E-state index is 5.69. The molecular formula is C17H28N2O. The highest BCUT2D eigenvalue weighted by Crippen LogP contribution is 2.17. The number of rotatable bonds is 7. The maximum Gasteiger partial charge on any atom is 0.0702 e. The van der Waals surface area contributed by atoms with Crippen molar-refractivity contribution in [3.8, 4) is 0 Å². The first-order chi connectivity index (χ1) is 9.69. The molecule has 1 fully saturated rings. The van der Waals surface area contributed by atoms with Crippen molar-refractivity contribution in [2.24, 2.45) is 0 Å². The lowest BCUT2D eigenvalue weighted by atomic mass is 10.00. The lowest BCUT2D eigenvalue weighted by molar-refractivity contribution is 0.0793. The van der Waals surface area contributed by atoms with Gasteiger partial charge in [0, 0.05) is 26.2 Å². The van der Waals surface area contributed by atoms with Crippen molar-refractivity contribution in [3.05, 3.63) is 35.4 Å². The molecule has 3 heteroatoms. The van der Waals surface area contributed by atoms with Crippen molar-refractivity contribution in [1.29, 1.82) is 0 Å². The number of benzene rings is 1. The van der Waals surface area contributed by atoms with Gasteiger partial charge in [-0.05, 0) is 44.0 Å². The van der Waals surface area contributed by atoms with E-state index in [9.17, 15) is 0 Å². The Morgan fingerprint density at radius 3 is 2.70 bits per heavy atom. The number of nitrogens with one attached hydrogen (secondary N) is 1. The topological polar surface area (TPSA) is 24.5 Å². The van der Waals surface area contributed by atoms with Gasteiger partial charge in [-0.3, -0.25) is 4.90 Å². The zero-order chi connectivity index (χ0) is 14.4. The lowest BCUT2D eigenvalue weighted by Crippen LogP contribution is -2.28. The van der Waals surface area contributed by atoms with Crippen LogP contribution in [0.2, 0.25) is 0 Å². The molecule has 0 radical (unpaired) electrons. The summed E-state index contributed by atoms with van der Waals surface area (Å²) < 4.78 is 5.69. The van der Waals surface area contributed by atoms with Crippen LogP contribution in [-0.4, -0.2) is 44.8 Å². The van der Waals surface area contributed by atoms with Crippen LogP contribution >= 0.6 is 0 Å². The largest absolute Gasteiger partial charge is 0.377 e. The molecule has 2 atom stereocenters. The van der Waals surface area contributed by atoms with E-state index in [-0.39, 0.29) is 0 Å². The predicted molar refractivity (Wildman–Crippen MR) is 84.1 cm³/mol. The van der Waals surface area contributed by atoms with Gasteiger partial charge in [-0.15, -0.1) is 0 Å². The minimum absolute atomic E-state index is 0.440. The normalized spacial score (nSPS) is 20.5. The third-order valence-electron chi connectivity index (χ3n) is 4.05. The summed E-state index contributed by atoms with van der Waals surface area (Å²) in [6.45, 7) is 6.27. The van der Waals surface area contributed by atoms with Crippen molar-refractivity contribution >= 4 is 0 Å². The summed E-state index contributed by atoms with van der Waals surface area (Å²) in [7, 11) is 4.18. The molecule has 2 unspecified atom stereocenters. The van der Waals surface area contributed by atoms with Crippen LogP contribution in [0.15, 0.2) is 24.3 Å². The van der Waals surface area contributed by atoms with E-state index in [4.69, 9.17) is 4.74 Å². The number of hydrogen-bond acceptors (Lipinski definition) is 3. The van der Waals surface area contributed by atoms with Gasteiger partial charge < -0.3 is 10.1 Å². The molecule has 112 valence electrons. The van der Waals surface area contributed by atoms with Crippen LogP contribution in [0.3, 0.4) is 0 Å². The van der Waals surface area contributed by atoms with E-state index in [0.29, 0.717) is 12.0 Å². The van der Waals surface area contributed by atoms with Gasteiger partial charge in [0.05, 0.1) is 6.10 Å². The fourth-order valence-corrected chi connectivity index (χ4v) is 2.89. The quantitative estimate of drug-likeness (QED) is 0.828. The predicted octanol–water partition coefficient (Wildman–Crippen LogP) is 2.62. The van der Waals surface area contributed by atoms with E-state index >= 15 is 0 Å². The van der Waals surface area contributed by atoms with Gasteiger partial charge in [-0.2, -0.15) is 0 Å². The molecule has 0 amide bonds. The van der Waals surface area contributed by atoms with Gasteiger partial charge in [-0.25, -0.2) is 0 Å². The second-order valence-electron chi connectivity index (χ2n) is 6.03. The first-order valence-corrected chi connectivity index (χ1v) is 7.72. The van der Waals surface area contributed by atoms with E-state index in [1.807, 2.05) is 7.05 Å². The molecule has 0 saturated carbocycles. The second-order valence-corrected chi connectivity index (χ2v) is 6.03. The van der Waals surface area contributed by atoms with Crippen LogP contribution < -0.4 is 5.32 Å². The molecular weight excluding hydrogens is 248 g/mol. The standard InChI is InChI=1S/C17H28N2O/c1-14(11-18-2)16-8-6-15(7-9-16)12-19(3)13-17-5-4-10-20-17/h6-9,14,17-18H,4-5,10-13H2,1-3H3.